The molecule has 0 amide bonds. The first-order valence-electron chi connectivity index (χ1n) is 12.1. The predicted octanol–water partition coefficient (Wildman–Crippen LogP) is 8.28. The van der Waals surface area contributed by atoms with Crippen molar-refractivity contribution >= 4 is 30.9 Å². The molecule has 0 bridgehead atoms. The first-order chi connectivity index (χ1) is 13.8. The Morgan fingerprint density at radius 1 is 1.27 bits per heavy atom. The first kappa shape index (κ1) is 25.0. The van der Waals surface area contributed by atoms with Gasteiger partial charge in [0.05, 0.1) is 18.3 Å². The molecule has 4 heteroatoms. The van der Waals surface area contributed by atoms with Crippen molar-refractivity contribution in [3.8, 4) is 0 Å². The van der Waals surface area contributed by atoms with Gasteiger partial charge in [-0.2, -0.15) is 0 Å². The summed E-state index contributed by atoms with van der Waals surface area (Å²) in [4.78, 5) is 0. The van der Waals surface area contributed by atoms with E-state index in [9.17, 15) is 0 Å². The number of hydrogen-bond acceptors (Lipinski definition) is 2. The van der Waals surface area contributed by atoms with Crippen molar-refractivity contribution in [2.45, 2.75) is 110 Å². The van der Waals surface area contributed by atoms with Crippen LogP contribution in [0.25, 0.3) is 0 Å². The fraction of sp³-hybridized carbons (Fsp3) is 0.846. The van der Waals surface area contributed by atoms with E-state index in [2.05, 4.69) is 93.5 Å². The monoisotopic (exact) mass is 544 g/mol. The molecule has 0 saturated heterocycles. The standard InChI is InChI=1S/C26H45IO2Si/c1-19(22-11-12-23-20(17-27)10-9-14-26(22,23)6)18-28-21-13-15-25(5,16-21)29-30(7,8)24(2,3)4/h13,15,17,19,21-23H,9-12,14,16,18H2,1-8H3/t19-,21-,22+,23?,25-,26+/m0/s1. The summed E-state index contributed by atoms with van der Waals surface area (Å²) in [5.41, 5.74) is 2.02. The van der Waals surface area contributed by atoms with Gasteiger partial charge >= 0.3 is 0 Å². The summed E-state index contributed by atoms with van der Waals surface area (Å²) in [7, 11) is -1.79. The minimum absolute atomic E-state index is 0.176. The molecule has 0 N–H and O–H groups in total. The third-order valence-corrected chi connectivity index (χ3v) is 14.4. The summed E-state index contributed by atoms with van der Waals surface area (Å²) >= 11 is 2.47. The van der Waals surface area contributed by atoms with Crippen LogP contribution in [0.4, 0.5) is 0 Å². The van der Waals surface area contributed by atoms with Crippen LogP contribution in [0.1, 0.15) is 80.1 Å². The van der Waals surface area contributed by atoms with E-state index in [-0.39, 0.29) is 16.7 Å². The molecule has 2 fully saturated rings. The Hall–Kier alpha value is 0.347. The highest BCUT2D eigenvalue weighted by Gasteiger charge is 2.51. The lowest BCUT2D eigenvalue weighted by Gasteiger charge is -2.44. The zero-order chi connectivity index (χ0) is 22.4. The second kappa shape index (κ2) is 8.94. The second-order valence-electron chi connectivity index (χ2n) is 12.4. The molecule has 0 aromatic heterocycles. The molecule has 172 valence electrons. The summed E-state index contributed by atoms with van der Waals surface area (Å²) in [5, 5.41) is 0.233. The smallest absolute Gasteiger partial charge is 0.193 e. The maximum absolute atomic E-state index is 6.76. The van der Waals surface area contributed by atoms with E-state index in [0.29, 0.717) is 11.3 Å². The van der Waals surface area contributed by atoms with Crippen LogP contribution < -0.4 is 0 Å². The average Bonchev–Trinajstić information content (AvgIpc) is 3.17. The molecule has 3 aliphatic carbocycles. The molecule has 2 nitrogen and oxygen atoms in total. The first-order valence-corrected chi connectivity index (χ1v) is 16.3. The van der Waals surface area contributed by atoms with E-state index in [0.717, 1.165) is 24.9 Å². The SMILES string of the molecule is C[C@@H](CO[C@H]1C=C[C@](C)(O[Si](C)(C)C(C)(C)C)C1)[C@H]1CCC2C(=CI)CCC[C@@]21C. The van der Waals surface area contributed by atoms with Crippen LogP contribution in [0.15, 0.2) is 21.8 Å². The molecular formula is C26H45IO2Si. The zero-order valence-electron chi connectivity index (χ0n) is 20.7. The third-order valence-electron chi connectivity index (χ3n) is 9.00. The van der Waals surface area contributed by atoms with Gasteiger partial charge in [-0.1, -0.05) is 74.9 Å². The number of halogens is 1. The highest BCUT2D eigenvalue weighted by Crippen LogP contribution is 2.59. The lowest BCUT2D eigenvalue weighted by atomic mass is 9.61. The van der Waals surface area contributed by atoms with E-state index < -0.39 is 8.32 Å². The van der Waals surface area contributed by atoms with Crippen molar-refractivity contribution in [2.24, 2.45) is 23.2 Å². The Bertz CT molecular complexity index is 679. The topological polar surface area (TPSA) is 18.5 Å². The van der Waals surface area contributed by atoms with Crippen LogP contribution in [-0.4, -0.2) is 26.6 Å². The van der Waals surface area contributed by atoms with Gasteiger partial charge < -0.3 is 9.16 Å². The number of fused-ring (bicyclic) bond motifs is 1. The number of allylic oxidation sites excluding steroid dienone is 1. The molecule has 6 atom stereocenters. The predicted molar refractivity (Wildman–Crippen MR) is 140 cm³/mol. The minimum atomic E-state index is -1.79. The minimum Gasteiger partial charge on any atom is -0.408 e. The molecule has 0 heterocycles. The van der Waals surface area contributed by atoms with Crippen LogP contribution in [0, 0.1) is 23.2 Å². The van der Waals surface area contributed by atoms with E-state index in [1.807, 2.05) is 0 Å². The van der Waals surface area contributed by atoms with Crippen molar-refractivity contribution in [2.75, 3.05) is 6.61 Å². The summed E-state index contributed by atoms with van der Waals surface area (Å²) in [5.74, 6) is 2.22. The van der Waals surface area contributed by atoms with Crippen molar-refractivity contribution in [1.82, 2.24) is 0 Å². The Balaban J connectivity index is 1.55. The molecular weight excluding hydrogens is 499 g/mol. The maximum Gasteiger partial charge on any atom is 0.193 e. The number of hydrogen-bond donors (Lipinski definition) is 0. The average molecular weight is 545 g/mol. The molecule has 30 heavy (non-hydrogen) atoms. The van der Waals surface area contributed by atoms with Gasteiger partial charge in [0.15, 0.2) is 8.32 Å². The van der Waals surface area contributed by atoms with Gasteiger partial charge in [0.1, 0.15) is 0 Å². The molecule has 0 aromatic carbocycles. The summed E-state index contributed by atoms with van der Waals surface area (Å²) < 4.78 is 15.6. The summed E-state index contributed by atoms with van der Waals surface area (Å²) in [6.07, 6.45) is 12.5. The number of rotatable bonds is 6. The molecule has 0 radical (unpaired) electrons. The Morgan fingerprint density at radius 3 is 2.60 bits per heavy atom. The van der Waals surface area contributed by atoms with Gasteiger partial charge in [0, 0.05) is 6.42 Å². The largest absolute Gasteiger partial charge is 0.408 e. The van der Waals surface area contributed by atoms with E-state index in [4.69, 9.17) is 9.16 Å². The molecule has 3 aliphatic rings. The molecule has 1 unspecified atom stereocenters. The van der Waals surface area contributed by atoms with Gasteiger partial charge in [-0.3, -0.25) is 0 Å². The van der Waals surface area contributed by atoms with Crippen LogP contribution >= 0.6 is 22.6 Å². The quantitative estimate of drug-likeness (QED) is 0.190. The van der Waals surface area contributed by atoms with Crippen molar-refractivity contribution in [3.05, 3.63) is 21.8 Å². The van der Waals surface area contributed by atoms with Gasteiger partial charge in [-0.15, -0.1) is 0 Å². The third kappa shape index (κ3) is 4.96. The number of ether oxygens (including phenoxy) is 1. The van der Waals surface area contributed by atoms with Crippen LogP contribution in [0.3, 0.4) is 0 Å². The Kier molecular flexibility index (Phi) is 7.45. The highest BCUT2D eigenvalue weighted by atomic mass is 127. The Morgan fingerprint density at radius 2 is 1.97 bits per heavy atom. The van der Waals surface area contributed by atoms with Crippen molar-refractivity contribution in [3.63, 3.8) is 0 Å². The zero-order valence-corrected chi connectivity index (χ0v) is 23.8. The molecule has 2 saturated carbocycles. The van der Waals surface area contributed by atoms with Crippen molar-refractivity contribution < 1.29 is 9.16 Å². The van der Waals surface area contributed by atoms with Crippen LogP contribution in [0.5, 0.6) is 0 Å². The van der Waals surface area contributed by atoms with E-state index in [1.54, 1.807) is 5.57 Å². The Labute approximate surface area is 200 Å². The highest BCUT2D eigenvalue weighted by molar-refractivity contribution is 14.1. The van der Waals surface area contributed by atoms with Gasteiger partial charge in [0.2, 0.25) is 0 Å². The van der Waals surface area contributed by atoms with Crippen molar-refractivity contribution in [1.29, 1.82) is 0 Å². The second-order valence-corrected chi connectivity index (χ2v) is 17.7. The maximum atomic E-state index is 6.76. The summed E-state index contributed by atoms with van der Waals surface area (Å²) in [6.45, 7) is 19.8. The van der Waals surface area contributed by atoms with Gasteiger partial charge in [-0.05, 0) is 84.4 Å². The lowest BCUT2D eigenvalue weighted by Crippen LogP contribution is -2.47. The molecule has 0 aromatic rings. The lowest BCUT2D eigenvalue weighted by molar-refractivity contribution is -0.00554. The van der Waals surface area contributed by atoms with Crippen LogP contribution in [0.2, 0.25) is 18.1 Å². The van der Waals surface area contributed by atoms with Gasteiger partial charge in [0.25, 0.3) is 0 Å². The normalized spacial score (nSPS) is 39.5. The fourth-order valence-electron chi connectivity index (χ4n) is 6.31. The summed E-state index contributed by atoms with van der Waals surface area (Å²) in [6, 6.07) is 0. The van der Waals surface area contributed by atoms with E-state index >= 15 is 0 Å². The van der Waals surface area contributed by atoms with Crippen LogP contribution in [-0.2, 0) is 9.16 Å². The molecule has 0 spiro atoms. The van der Waals surface area contributed by atoms with E-state index in [1.165, 1.54) is 32.1 Å². The van der Waals surface area contributed by atoms with Gasteiger partial charge in [-0.25, -0.2) is 0 Å². The molecule has 3 rings (SSSR count). The molecule has 0 aliphatic heterocycles. The fourth-order valence-corrected chi connectivity index (χ4v) is 8.68.